The average Bonchev–Trinajstić information content (AvgIpc) is 2.86. The van der Waals surface area contributed by atoms with Gasteiger partial charge in [-0.3, -0.25) is 0 Å². The Labute approximate surface area is 83.2 Å². The molecule has 0 bridgehead atoms. The Morgan fingerprint density at radius 2 is 2.38 bits per heavy atom. The lowest BCUT2D eigenvalue weighted by molar-refractivity contribution is 0.305. The molecule has 2 heterocycles. The average molecular weight is 193 g/mol. The van der Waals surface area contributed by atoms with Gasteiger partial charge in [-0.25, -0.2) is 0 Å². The predicted molar refractivity (Wildman–Crippen MR) is 56.1 cm³/mol. The lowest BCUT2D eigenvalue weighted by atomic mass is 9.84. The van der Waals surface area contributed by atoms with Gasteiger partial charge >= 0.3 is 0 Å². The highest BCUT2D eigenvalue weighted by molar-refractivity contribution is 7.10. The van der Waals surface area contributed by atoms with Gasteiger partial charge in [-0.1, -0.05) is 0 Å². The first-order valence-corrected chi connectivity index (χ1v) is 6.00. The van der Waals surface area contributed by atoms with Crippen LogP contribution in [0.1, 0.15) is 30.2 Å². The van der Waals surface area contributed by atoms with Crippen LogP contribution in [0.4, 0.5) is 0 Å². The van der Waals surface area contributed by atoms with Crippen LogP contribution < -0.4 is 5.32 Å². The molecule has 1 aliphatic heterocycles. The molecule has 0 saturated heterocycles. The second-order valence-corrected chi connectivity index (χ2v) is 5.41. The van der Waals surface area contributed by atoms with Gasteiger partial charge in [0.1, 0.15) is 0 Å². The van der Waals surface area contributed by atoms with Gasteiger partial charge < -0.3 is 5.32 Å². The zero-order valence-corrected chi connectivity index (χ0v) is 8.79. The lowest BCUT2D eigenvalue weighted by Gasteiger charge is -2.35. The van der Waals surface area contributed by atoms with E-state index >= 15 is 0 Å². The summed E-state index contributed by atoms with van der Waals surface area (Å²) in [7, 11) is 0. The molecule has 3 rings (SSSR count). The van der Waals surface area contributed by atoms with Crippen molar-refractivity contribution in [1.82, 2.24) is 5.32 Å². The monoisotopic (exact) mass is 193 g/mol. The zero-order chi connectivity index (χ0) is 8.89. The molecule has 1 fully saturated rings. The molecule has 0 spiro atoms. The Hall–Kier alpha value is -0.340. The Balaban J connectivity index is 2.07. The largest absolute Gasteiger partial charge is 0.307 e. The molecule has 13 heavy (non-hydrogen) atoms. The molecule has 0 radical (unpaired) electrons. The summed E-state index contributed by atoms with van der Waals surface area (Å²) in [5.41, 5.74) is 1.90. The summed E-state index contributed by atoms with van der Waals surface area (Å²) in [6.45, 7) is 3.55. The molecule has 1 saturated carbocycles. The number of thiophene rings is 1. The molecule has 1 atom stereocenters. The van der Waals surface area contributed by atoms with Crippen molar-refractivity contribution in [3.8, 4) is 0 Å². The van der Waals surface area contributed by atoms with Crippen molar-refractivity contribution < 1.29 is 0 Å². The highest BCUT2D eigenvalue weighted by Crippen LogP contribution is 2.48. The number of rotatable bonds is 1. The molecular formula is C11H15NS. The number of nitrogens with one attached hydrogen (secondary N) is 1. The zero-order valence-electron chi connectivity index (χ0n) is 7.97. The number of hydrogen-bond acceptors (Lipinski definition) is 2. The van der Waals surface area contributed by atoms with E-state index in [4.69, 9.17) is 0 Å². The van der Waals surface area contributed by atoms with E-state index in [1.807, 2.05) is 11.3 Å². The van der Waals surface area contributed by atoms with Crippen LogP contribution in [0.15, 0.2) is 11.4 Å². The molecule has 1 aliphatic carbocycles. The van der Waals surface area contributed by atoms with E-state index in [9.17, 15) is 0 Å². The quantitative estimate of drug-likeness (QED) is 0.722. The second-order valence-electron chi connectivity index (χ2n) is 4.41. The van der Waals surface area contributed by atoms with E-state index in [1.165, 1.54) is 25.8 Å². The predicted octanol–water partition coefficient (Wildman–Crippen LogP) is 2.52. The Morgan fingerprint density at radius 1 is 1.54 bits per heavy atom. The van der Waals surface area contributed by atoms with Crippen LogP contribution in [-0.4, -0.2) is 6.54 Å². The van der Waals surface area contributed by atoms with Crippen molar-refractivity contribution in [1.29, 1.82) is 0 Å². The molecule has 1 aromatic rings. The third kappa shape index (κ3) is 1.09. The Bertz CT molecular complexity index is 327. The summed E-state index contributed by atoms with van der Waals surface area (Å²) in [5, 5.41) is 5.95. The van der Waals surface area contributed by atoms with Crippen LogP contribution in [0.2, 0.25) is 0 Å². The van der Waals surface area contributed by atoms with Crippen LogP contribution in [0.5, 0.6) is 0 Å². The van der Waals surface area contributed by atoms with Gasteiger partial charge in [0.15, 0.2) is 0 Å². The third-order valence-corrected chi connectivity index (χ3v) is 4.52. The van der Waals surface area contributed by atoms with Gasteiger partial charge in [0.2, 0.25) is 0 Å². The molecular weight excluding hydrogens is 178 g/mol. The maximum absolute atomic E-state index is 3.71. The van der Waals surface area contributed by atoms with E-state index < -0.39 is 0 Å². The molecule has 2 heteroatoms. The molecule has 1 aromatic heterocycles. The van der Waals surface area contributed by atoms with Crippen LogP contribution in [-0.2, 0) is 12.0 Å². The standard InChI is InChI=1S/C11H15NS/c1-11(8-2-3-8)9-5-7-13-10(9)4-6-12-11/h5,7-8,12H,2-4,6H2,1H3. The lowest BCUT2D eigenvalue weighted by Crippen LogP contribution is -2.46. The van der Waals surface area contributed by atoms with Crippen LogP contribution in [0.25, 0.3) is 0 Å². The minimum atomic E-state index is 0.313. The van der Waals surface area contributed by atoms with Crippen molar-refractivity contribution in [2.45, 2.75) is 31.7 Å². The van der Waals surface area contributed by atoms with Crippen LogP contribution in [0.3, 0.4) is 0 Å². The van der Waals surface area contributed by atoms with E-state index in [1.54, 1.807) is 10.4 Å². The van der Waals surface area contributed by atoms with E-state index in [0.717, 1.165) is 5.92 Å². The Kier molecular flexibility index (Phi) is 1.59. The molecule has 0 aromatic carbocycles. The van der Waals surface area contributed by atoms with Crippen molar-refractivity contribution in [2.24, 2.45) is 5.92 Å². The first-order chi connectivity index (χ1) is 6.31. The van der Waals surface area contributed by atoms with Gasteiger partial charge in [0.05, 0.1) is 0 Å². The molecule has 1 unspecified atom stereocenters. The summed E-state index contributed by atoms with van der Waals surface area (Å²) >= 11 is 1.93. The smallest absolute Gasteiger partial charge is 0.0445 e. The van der Waals surface area contributed by atoms with Crippen molar-refractivity contribution >= 4 is 11.3 Å². The summed E-state index contributed by atoms with van der Waals surface area (Å²) < 4.78 is 0. The minimum Gasteiger partial charge on any atom is -0.307 e. The van der Waals surface area contributed by atoms with Gasteiger partial charge in [0, 0.05) is 17.0 Å². The van der Waals surface area contributed by atoms with E-state index in [0.29, 0.717) is 5.54 Å². The number of fused-ring (bicyclic) bond motifs is 1. The van der Waals surface area contributed by atoms with E-state index in [2.05, 4.69) is 23.7 Å². The molecule has 70 valence electrons. The maximum Gasteiger partial charge on any atom is 0.0445 e. The van der Waals surface area contributed by atoms with Crippen LogP contribution in [0, 0.1) is 5.92 Å². The van der Waals surface area contributed by atoms with Gasteiger partial charge in [0.25, 0.3) is 0 Å². The summed E-state index contributed by atoms with van der Waals surface area (Å²) in [6.07, 6.45) is 4.06. The highest BCUT2D eigenvalue weighted by atomic mass is 32.1. The van der Waals surface area contributed by atoms with Gasteiger partial charge in [-0.15, -0.1) is 11.3 Å². The van der Waals surface area contributed by atoms with Crippen molar-refractivity contribution in [2.75, 3.05) is 6.54 Å². The molecule has 1 N–H and O–H groups in total. The summed E-state index contributed by atoms with van der Waals surface area (Å²) in [4.78, 5) is 1.62. The fraction of sp³-hybridized carbons (Fsp3) is 0.636. The SMILES string of the molecule is CC1(C2CC2)NCCc2sccc21. The first-order valence-electron chi connectivity index (χ1n) is 5.12. The molecule has 0 amide bonds. The minimum absolute atomic E-state index is 0.313. The van der Waals surface area contributed by atoms with Gasteiger partial charge in [-0.2, -0.15) is 0 Å². The second kappa shape index (κ2) is 2.58. The van der Waals surface area contributed by atoms with Gasteiger partial charge in [-0.05, 0) is 49.1 Å². The van der Waals surface area contributed by atoms with Crippen LogP contribution >= 0.6 is 11.3 Å². The first kappa shape index (κ1) is 8.01. The molecule has 1 nitrogen and oxygen atoms in total. The fourth-order valence-electron chi connectivity index (χ4n) is 2.55. The van der Waals surface area contributed by atoms with E-state index in [-0.39, 0.29) is 0 Å². The summed E-state index contributed by atoms with van der Waals surface area (Å²) in [5.74, 6) is 0.904. The normalized spacial score (nSPS) is 33.0. The topological polar surface area (TPSA) is 12.0 Å². The van der Waals surface area contributed by atoms with Crippen molar-refractivity contribution in [3.05, 3.63) is 21.9 Å². The van der Waals surface area contributed by atoms with Crippen molar-refractivity contribution in [3.63, 3.8) is 0 Å². The highest BCUT2D eigenvalue weighted by Gasteiger charge is 2.45. The fourth-order valence-corrected chi connectivity index (χ4v) is 3.55. The Morgan fingerprint density at radius 3 is 3.15 bits per heavy atom. The summed E-state index contributed by atoms with van der Waals surface area (Å²) in [6, 6.07) is 2.32. The number of hydrogen-bond donors (Lipinski definition) is 1. The third-order valence-electron chi connectivity index (χ3n) is 3.54. The maximum atomic E-state index is 3.71. The molecule has 2 aliphatic rings.